The molecule has 4 amide bonds. The Hall–Kier alpha value is -4.13. The molecule has 0 spiro atoms. The fourth-order valence-electron chi connectivity index (χ4n) is 7.01. The van der Waals surface area contributed by atoms with Gasteiger partial charge in [0.05, 0.1) is 38.1 Å². The van der Waals surface area contributed by atoms with Crippen molar-refractivity contribution in [3.8, 4) is 0 Å². The van der Waals surface area contributed by atoms with Gasteiger partial charge in [-0.25, -0.2) is 0 Å². The number of morpholine rings is 1. The van der Waals surface area contributed by atoms with Crippen molar-refractivity contribution in [2.24, 2.45) is 5.92 Å². The number of amides is 4. The number of hydrogen-bond donors (Lipinski definition) is 4. The quantitative estimate of drug-likeness (QED) is 0.146. The monoisotopic (exact) mass is 702 g/mol. The highest BCUT2D eigenvalue weighted by Crippen LogP contribution is 2.31. The lowest BCUT2D eigenvalue weighted by Gasteiger charge is -2.33. The first-order chi connectivity index (χ1) is 24.4. The number of carbonyl (C=O) groups is 4. The minimum absolute atomic E-state index is 0.155. The second kappa shape index (κ2) is 17.4. The summed E-state index contributed by atoms with van der Waals surface area (Å²) in [6, 6.07) is 15.8. The van der Waals surface area contributed by atoms with Gasteiger partial charge >= 0.3 is 0 Å². The molecule has 5 rings (SSSR count). The van der Waals surface area contributed by atoms with Gasteiger partial charge in [-0.3, -0.25) is 24.1 Å². The van der Waals surface area contributed by atoms with E-state index in [4.69, 9.17) is 14.9 Å². The first-order valence-corrected chi connectivity index (χ1v) is 18.3. The van der Waals surface area contributed by atoms with E-state index in [1.54, 1.807) is 4.90 Å². The molecule has 3 saturated heterocycles. The maximum atomic E-state index is 14.2. The Balaban J connectivity index is 1.31. The van der Waals surface area contributed by atoms with Gasteiger partial charge in [0.1, 0.15) is 23.7 Å². The molecule has 0 saturated carbocycles. The van der Waals surface area contributed by atoms with Crippen molar-refractivity contribution in [3.05, 3.63) is 71.8 Å². The summed E-state index contributed by atoms with van der Waals surface area (Å²) in [5.41, 5.74) is 1.56. The fraction of sp³-hybridized carbons (Fsp3) is 0.564. The number of ether oxygens (including phenoxy) is 2. The Labute approximate surface area is 301 Å². The molecule has 51 heavy (non-hydrogen) atoms. The molecular weight excluding hydrogens is 648 g/mol. The van der Waals surface area contributed by atoms with Crippen molar-refractivity contribution >= 4 is 29.3 Å². The van der Waals surface area contributed by atoms with E-state index in [2.05, 4.69) is 16.0 Å². The summed E-state index contributed by atoms with van der Waals surface area (Å²) in [4.78, 5) is 59.0. The summed E-state index contributed by atoms with van der Waals surface area (Å²) in [5, 5.41) is 17.8. The lowest BCUT2D eigenvalue weighted by Crippen LogP contribution is -2.57. The SMILES string of the molecule is CC(C)C[C@H](NC(=O)[C@H](Cc1ccccc1)N1C(=O)[C@@H](NC(=O)[C@H](CCc2ccccc2)NC(=O)CN2CCOCC2)CC1C)C(=N)[C@@]1(C)CO1. The van der Waals surface area contributed by atoms with E-state index in [1.807, 2.05) is 93.3 Å². The summed E-state index contributed by atoms with van der Waals surface area (Å²) in [5.74, 6) is -1.17. The van der Waals surface area contributed by atoms with Crippen LogP contribution in [0.3, 0.4) is 0 Å². The minimum Gasteiger partial charge on any atom is -0.379 e. The van der Waals surface area contributed by atoms with Gasteiger partial charge in [0.25, 0.3) is 0 Å². The van der Waals surface area contributed by atoms with Crippen molar-refractivity contribution in [1.29, 1.82) is 5.41 Å². The first kappa shape index (κ1) is 38.1. The van der Waals surface area contributed by atoms with Gasteiger partial charge in [0, 0.05) is 25.6 Å². The smallest absolute Gasteiger partial charge is 0.246 e. The second-order valence-electron chi connectivity index (χ2n) is 14.8. The van der Waals surface area contributed by atoms with Gasteiger partial charge in [0.2, 0.25) is 23.6 Å². The molecule has 4 N–H and O–H groups in total. The lowest BCUT2D eigenvalue weighted by atomic mass is 9.92. The number of nitrogens with one attached hydrogen (secondary N) is 4. The predicted octanol–water partition coefficient (Wildman–Crippen LogP) is 2.49. The maximum Gasteiger partial charge on any atom is 0.246 e. The molecule has 3 heterocycles. The number of carbonyl (C=O) groups excluding carboxylic acids is 4. The number of aryl methyl sites for hydroxylation is 1. The molecule has 6 atom stereocenters. The van der Waals surface area contributed by atoms with Crippen LogP contribution in [0, 0.1) is 11.3 Å². The molecule has 2 aromatic carbocycles. The van der Waals surface area contributed by atoms with Crippen LogP contribution in [0.2, 0.25) is 0 Å². The van der Waals surface area contributed by atoms with Crippen molar-refractivity contribution in [2.75, 3.05) is 39.5 Å². The van der Waals surface area contributed by atoms with E-state index >= 15 is 0 Å². The molecular formula is C39H54N6O6. The van der Waals surface area contributed by atoms with Crippen LogP contribution in [-0.2, 0) is 41.5 Å². The zero-order chi connectivity index (χ0) is 36.5. The molecule has 276 valence electrons. The summed E-state index contributed by atoms with van der Waals surface area (Å²) in [7, 11) is 0. The number of epoxide rings is 1. The number of nitrogens with zero attached hydrogens (tertiary/aromatic N) is 2. The molecule has 3 aliphatic heterocycles. The first-order valence-electron chi connectivity index (χ1n) is 18.3. The molecule has 0 aromatic heterocycles. The summed E-state index contributed by atoms with van der Waals surface area (Å²) in [6.45, 7) is 10.8. The summed E-state index contributed by atoms with van der Waals surface area (Å²) in [6.07, 6.45) is 2.07. The average Bonchev–Trinajstić information content (AvgIpc) is 3.81. The average molecular weight is 703 g/mol. The highest BCUT2D eigenvalue weighted by molar-refractivity contribution is 6.00. The Morgan fingerprint density at radius 1 is 0.941 bits per heavy atom. The van der Waals surface area contributed by atoms with Crippen LogP contribution in [0.15, 0.2) is 60.7 Å². The normalized spacial score (nSPS) is 23.7. The van der Waals surface area contributed by atoms with Crippen LogP contribution in [-0.4, -0.2) is 114 Å². The van der Waals surface area contributed by atoms with Crippen LogP contribution >= 0.6 is 0 Å². The van der Waals surface area contributed by atoms with E-state index in [-0.39, 0.29) is 42.6 Å². The van der Waals surface area contributed by atoms with Crippen LogP contribution in [0.25, 0.3) is 0 Å². The van der Waals surface area contributed by atoms with Crippen molar-refractivity contribution in [1.82, 2.24) is 25.8 Å². The standard InChI is InChI=1S/C39H54N6O6/c1-26(2)21-31(35(40)39(4)25-51-39)42-37(48)33(23-29-13-9-6-10-14-29)45-27(3)22-32(38(45)49)43-36(47)30(16-15-28-11-7-5-8-12-28)41-34(46)24-44-17-19-50-20-18-44/h5-14,26-27,30-33,40H,15-25H2,1-4H3,(H,41,46)(H,42,48)(H,43,47)/t27?,30-,31-,32-,33-,39+/m0/s1. The second-order valence-corrected chi connectivity index (χ2v) is 14.8. The highest BCUT2D eigenvalue weighted by Gasteiger charge is 2.49. The van der Waals surface area contributed by atoms with Crippen molar-refractivity contribution in [2.45, 2.75) is 95.6 Å². The van der Waals surface area contributed by atoms with Gasteiger partial charge in [-0.2, -0.15) is 0 Å². The lowest BCUT2D eigenvalue weighted by molar-refractivity contribution is -0.141. The Morgan fingerprint density at radius 3 is 2.18 bits per heavy atom. The zero-order valence-electron chi connectivity index (χ0n) is 30.4. The minimum atomic E-state index is -0.866. The zero-order valence-corrected chi connectivity index (χ0v) is 30.4. The van der Waals surface area contributed by atoms with Crippen LogP contribution < -0.4 is 16.0 Å². The predicted molar refractivity (Wildman–Crippen MR) is 194 cm³/mol. The van der Waals surface area contributed by atoms with Crippen molar-refractivity contribution in [3.63, 3.8) is 0 Å². The maximum absolute atomic E-state index is 14.2. The third kappa shape index (κ3) is 10.5. The van der Waals surface area contributed by atoms with Crippen LogP contribution in [0.1, 0.15) is 58.1 Å². The molecule has 12 nitrogen and oxygen atoms in total. The number of benzene rings is 2. The molecule has 0 aliphatic carbocycles. The van der Waals surface area contributed by atoms with Crippen LogP contribution in [0.5, 0.6) is 0 Å². The molecule has 1 unspecified atom stereocenters. The van der Waals surface area contributed by atoms with Gasteiger partial charge in [-0.05, 0) is 56.6 Å². The van der Waals surface area contributed by atoms with Crippen LogP contribution in [0.4, 0.5) is 0 Å². The number of hydrogen-bond acceptors (Lipinski definition) is 8. The molecule has 3 fully saturated rings. The molecule has 2 aromatic rings. The molecule has 12 heteroatoms. The third-order valence-corrected chi connectivity index (χ3v) is 10.0. The fourth-order valence-corrected chi connectivity index (χ4v) is 7.01. The Bertz CT molecular complexity index is 1510. The van der Waals surface area contributed by atoms with E-state index in [0.29, 0.717) is 64.3 Å². The Morgan fingerprint density at radius 2 is 1.57 bits per heavy atom. The third-order valence-electron chi connectivity index (χ3n) is 10.0. The van der Waals surface area contributed by atoms with E-state index in [9.17, 15) is 19.2 Å². The largest absolute Gasteiger partial charge is 0.379 e. The van der Waals surface area contributed by atoms with E-state index < -0.39 is 35.7 Å². The van der Waals surface area contributed by atoms with Gasteiger partial charge in [0.15, 0.2) is 0 Å². The van der Waals surface area contributed by atoms with Gasteiger partial charge in [-0.15, -0.1) is 0 Å². The Kier molecular flexibility index (Phi) is 13.0. The van der Waals surface area contributed by atoms with Gasteiger partial charge < -0.3 is 35.7 Å². The van der Waals surface area contributed by atoms with E-state index in [0.717, 1.165) is 11.1 Å². The molecule has 0 radical (unpaired) electrons. The number of rotatable bonds is 17. The topological polar surface area (TPSA) is 156 Å². The molecule has 3 aliphatic rings. The van der Waals surface area contributed by atoms with Gasteiger partial charge in [-0.1, -0.05) is 74.5 Å². The van der Waals surface area contributed by atoms with Crippen molar-refractivity contribution < 1.29 is 28.7 Å². The molecule has 0 bridgehead atoms. The number of likely N-dealkylation sites (tertiary alicyclic amines) is 1. The summed E-state index contributed by atoms with van der Waals surface area (Å²) >= 11 is 0. The highest BCUT2D eigenvalue weighted by atomic mass is 16.6. The van der Waals surface area contributed by atoms with E-state index in [1.165, 1.54) is 0 Å². The summed E-state index contributed by atoms with van der Waals surface area (Å²) < 4.78 is 11.0.